The average molecular weight is 199 g/mol. The maximum absolute atomic E-state index is 5.49. The highest BCUT2D eigenvalue weighted by Crippen LogP contribution is 2.17. The van der Waals surface area contributed by atoms with E-state index in [2.05, 4.69) is 16.3 Å². The number of nitrogens with one attached hydrogen (secondary N) is 1. The van der Waals surface area contributed by atoms with Crippen molar-refractivity contribution in [2.75, 3.05) is 6.54 Å². The Bertz CT molecular complexity index is 493. The summed E-state index contributed by atoms with van der Waals surface area (Å²) < 4.78 is 1.83. The predicted molar refractivity (Wildman–Crippen MR) is 60.4 cm³/mol. The Morgan fingerprint density at radius 2 is 2.47 bits per heavy atom. The van der Waals surface area contributed by atoms with Gasteiger partial charge in [0.2, 0.25) is 0 Å². The van der Waals surface area contributed by atoms with Crippen molar-refractivity contribution < 1.29 is 0 Å². The van der Waals surface area contributed by atoms with Crippen LogP contribution in [0.5, 0.6) is 0 Å². The van der Waals surface area contributed by atoms with Gasteiger partial charge in [-0.3, -0.25) is 0 Å². The molecule has 0 aliphatic heterocycles. The smallest absolute Gasteiger partial charge is 0.0979 e. The zero-order valence-corrected chi connectivity index (χ0v) is 8.64. The molecule has 0 saturated carbocycles. The highest BCUT2D eigenvalue weighted by molar-refractivity contribution is 5.56. The fourth-order valence-corrected chi connectivity index (χ4v) is 1.64. The van der Waals surface area contributed by atoms with E-state index in [1.807, 2.05) is 42.0 Å². The molecular formula is C12H13N3. The van der Waals surface area contributed by atoms with E-state index in [1.54, 1.807) is 0 Å². The maximum Gasteiger partial charge on any atom is 0.0979 e. The van der Waals surface area contributed by atoms with Crippen LogP contribution in [0.1, 0.15) is 18.5 Å². The molecule has 0 spiro atoms. The third-order valence-corrected chi connectivity index (χ3v) is 2.34. The first-order chi connectivity index (χ1) is 7.36. The first-order valence-electron chi connectivity index (χ1n) is 4.98. The maximum atomic E-state index is 5.49. The Balaban J connectivity index is 2.47. The number of rotatable bonds is 3. The zero-order chi connectivity index (χ0) is 10.7. The van der Waals surface area contributed by atoms with Crippen molar-refractivity contribution in [2.45, 2.75) is 13.0 Å². The Morgan fingerprint density at radius 3 is 3.20 bits per heavy atom. The topological polar surface area (TPSA) is 29.3 Å². The van der Waals surface area contributed by atoms with Gasteiger partial charge in [0.05, 0.1) is 17.8 Å². The van der Waals surface area contributed by atoms with Crippen LogP contribution in [0.3, 0.4) is 0 Å². The first-order valence-corrected chi connectivity index (χ1v) is 4.98. The van der Waals surface area contributed by atoms with Crippen molar-refractivity contribution >= 4 is 5.52 Å². The minimum absolute atomic E-state index is 0.0603. The molecule has 3 nitrogen and oxygen atoms in total. The van der Waals surface area contributed by atoms with Gasteiger partial charge in [-0.05, 0) is 18.7 Å². The summed E-state index contributed by atoms with van der Waals surface area (Å²) in [4.78, 5) is 0. The van der Waals surface area contributed by atoms with E-state index in [1.165, 1.54) is 0 Å². The first kappa shape index (κ1) is 9.75. The number of terminal acetylenes is 1. The van der Waals surface area contributed by atoms with Gasteiger partial charge in [0, 0.05) is 11.8 Å². The Hall–Kier alpha value is -1.79. The molecule has 2 rings (SSSR count). The van der Waals surface area contributed by atoms with E-state index in [0.717, 1.165) is 17.6 Å². The molecule has 2 aromatic rings. The van der Waals surface area contributed by atoms with E-state index < -0.39 is 0 Å². The summed E-state index contributed by atoms with van der Waals surface area (Å²) in [5.74, 6) is 2.73. The molecule has 1 N–H and O–H groups in total. The van der Waals surface area contributed by atoms with Crippen molar-refractivity contribution in [1.82, 2.24) is 14.9 Å². The number of nitrogens with zero attached hydrogens (tertiary/aromatic N) is 2. The SMILES string of the molecule is C#CC(NCC)c1cnn2ccccc12. The van der Waals surface area contributed by atoms with Crippen molar-refractivity contribution in [2.24, 2.45) is 0 Å². The Kier molecular flexibility index (Phi) is 2.70. The van der Waals surface area contributed by atoms with Crippen LogP contribution in [-0.2, 0) is 0 Å². The molecule has 1 unspecified atom stereocenters. The summed E-state index contributed by atoms with van der Waals surface area (Å²) in [5, 5.41) is 7.49. The molecule has 0 aromatic carbocycles. The van der Waals surface area contributed by atoms with Crippen molar-refractivity contribution in [3.05, 3.63) is 36.2 Å². The number of hydrogen-bond donors (Lipinski definition) is 1. The summed E-state index contributed by atoms with van der Waals surface area (Å²) in [7, 11) is 0. The largest absolute Gasteiger partial charge is 0.300 e. The molecule has 0 radical (unpaired) electrons. The number of aromatic nitrogens is 2. The number of fused-ring (bicyclic) bond motifs is 1. The van der Waals surface area contributed by atoms with Gasteiger partial charge < -0.3 is 5.32 Å². The zero-order valence-electron chi connectivity index (χ0n) is 8.64. The molecule has 1 atom stereocenters. The van der Waals surface area contributed by atoms with Gasteiger partial charge in [-0.25, -0.2) is 4.52 Å². The third-order valence-electron chi connectivity index (χ3n) is 2.34. The summed E-state index contributed by atoms with van der Waals surface area (Å²) in [6.07, 6.45) is 9.23. The Labute approximate surface area is 89.1 Å². The normalized spacial score (nSPS) is 12.5. The molecular weight excluding hydrogens is 186 g/mol. The second-order valence-electron chi connectivity index (χ2n) is 3.29. The van der Waals surface area contributed by atoms with Gasteiger partial charge in [0.25, 0.3) is 0 Å². The molecule has 0 bridgehead atoms. The predicted octanol–water partition coefficient (Wildman–Crippen LogP) is 1.62. The van der Waals surface area contributed by atoms with Gasteiger partial charge in [0.15, 0.2) is 0 Å². The standard InChI is InChI=1S/C12H13N3/c1-3-11(13-4-2)10-9-14-15-8-6-5-7-12(10)15/h1,5-9,11,13H,4H2,2H3. The minimum Gasteiger partial charge on any atom is -0.300 e. The van der Waals surface area contributed by atoms with E-state index >= 15 is 0 Å². The van der Waals surface area contributed by atoms with Crippen LogP contribution >= 0.6 is 0 Å². The second-order valence-corrected chi connectivity index (χ2v) is 3.29. The molecule has 0 amide bonds. The molecule has 0 fully saturated rings. The van der Waals surface area contributed by atoms with E-state index in [-0.39, 0.29) is 6.04 Å². The van der Waals surface area contributed by atoms with Crippen LogP contribution in [0, 0.1) is 12.3 Å². The van der Waals surface area contributed by atoms with Crippen LogP contribution in [0.2, 0.25) is 0 Å². The van der Waals surface area contributed by atoms with Crippen LogP contribution in [0.25, 0.3) is 5.52 Å². The Morgan fingerprint density at radius 1 is 1.60 bits per heavy atom. The summed E-state index contributed by atoms with van der Waals surface area (Å²) in [5.41, 5.74) is 2.11. The summed E-state index contributed by atoms with van der Waals surface area (Å²) in [6.45, 7) is 2.88. The lowest BCUT2D eigenvalue weighted by atomic mass is 10.1. The molecule has 76 valence electrons. The van der Waals surface area contributed by atoms with E-state index in [0.29, 0.717) is 0 Å². The lowest BCUT2D eigenvalue weighted by molar-refractivity contribution is 0.668. The highest BCUT2D eigenvalue weighted by Gasteiger charge is 2.11. The van der Waals surface area contributed by atoms with Crippen molar-refractivity contribution in [1.29, 1.82) is 0 Å². The molecule has 0 saturated heterocycles. The quantitative estimate of drug-likeness (QED) is 0.761. The van der Waals surface area contributed by atoms with Crippen molar-refractivity contribution in [3.63, 3.8) is 0 Å². The van der Waals surface area contributed by atoms with Gasteiger partial charge in [-0.2, -0.15) is 5.10 Å². The fraction of sp³-hybridized carbons (Fsp3) is 0.250. The van der Waals surface area contributed by atoms with E-state index in [4.69, 9.17) is 6.42 Å². The lowest BCUT2D eigenvalue weighted by Crippen LogP contribution is -2.18. The fourth-order valence-electron chi connectivity index (χ4n) is 1.64. The van der Waals surface area contributed by atoms with Gasteiger partial charge in [-0.15, -0.1) is 6.42 Å². The summed E-state index contributed by atoms with van der Waals surface area (Å²) in [6, 6.07) is 5.89. The summed E-state index contributed by atoms with van der Waals surface area (Å²) >= 11 is 0. The lowest BCUT2D eigenvalue weighted by Gasteiger charge is -2.09. The average Bonchev–Trinajstić information content (AvgIpc) is 2.70. The van der Waals surface area contributed by atoms with Gasteiger partial charge in [0.1, 0.15) is 0 Å². The molecule has 2 aromatic heterocycles. The van der Waals surface area contributed by atoms with Gasteiger partial charge in [-0.1, -0.05) is 18.9 Å². The highest BCUT2D eigenvalue weighted by atomic mass is 15.2. The number of pyridine rings is 1. The van der Waals surface area contributed by atoms with Crippen LogP contribution in [-0.4, -0.2) is 16.2 Å². The molecule has 3 heteroatoms. The number of hydrogen-bond acceptors (Lipinski definition) is 2. The monoisotopic (exact) mass is 199 g/mol. The second kappa shape index (κ2) is 4.16. The van der Waals surface area contributed by atoms with Gasteiger partial charge >= 0.3 is 0 Å². The van der Waals surface area contributed by atoms with E-state index in [9.17, 15) is 0 Å². The molecule has 15 heavy (non-hydrogen) atoms. The van der Waals surface area contributed by atoms with Crippen LogP contribution < -0.4 is 5.32 Å². The molecule has 0 aliphatic rings. The minimum atomic E-state index is -0.0603. The van der Waals surface area contributed by atoms with Crippen molar-refractivity contribution in [3.8, 4) is 12.3 Å². The van der Waals surface area contributed by atoms with Crippen LogP contribution in [0.4, 0.5) is 0 Å². The third kappa shape index (κ3) is 1.72. The molecule has 2 heterocycles. The van der Waals surface area contributed by atoms with Crippen LogP contribution in [0.15, 0.2) is 30.6 Å². The molecule has 0 aliphatic carbocycles.